The molecule has 0 aliphatic rings. The van der Waals surface area contributed by atoms with E-state index < -0.39 is 0 Å². The number of hydrogen-bond acceptors (Lipinski definition) is 3. The second kappa shape index (κ2) is 5.56. The molecule has 0 bridgehead atoms. The lowest BCUT2D eigenvalue weighted by Crippen LogP contribution is -2.35. The monoisotopic (exact) mass is 258 g/mol. The van der Waals surface area contributed by atoms with Gasteiger partial charge in [0, 0.05) is 36.2 Å². The molecule has 2 aromatic rings. The Morgan fingerprint density at radius 1 is 1.53 bits per heavy atom. The summed E-state index contributed by atoms with van der Waals surface area (Å²) in [6, 6.07) is 5.38. The number of amides is 1. The first kappa shape index (κ1) is 13.1. The standard InChI is InChI=1S/C14H18N4O/c1-10(8-18-7-6-16-9-18)17-14(19)12-4-3-5-13(15)11(12)2/h3-7,9-10H,8,15H2,1-2H3,(H,17,19). The number of nitrogens with zero attached hydrogens (tertiary/aromatic N) is 2. The zero-order chi connectivity index (χ0) is 13.8. The largest absolute Gasteiger partial charge is 0.398 e. The summed E-state index contributed by atoms with van der Waals surface area (Å²) in [5, 5.41) is 2.96. The molecular formula is C14H18N4O. The molecule has 5 heteroatoms. The van der Waals surface area contributed by atoms with Gasteiger partial charge >= 0.3 is 0 Å². The van der Waals surface area contributed by atoms with Crippen LogP contribution in [0.3, 0.4) is 0 Å². The summed E-state index contributed by atoms with van der Waals surface area (Å²) in [5.41, 5.74) is 7.88. The SMILES string of the molecule is Cc1c(N)cccc1C(=O)NC(C)Cn1ccnc1. The minimum atomic E-state index is -0.0996. The molecule has 1 aromatic carbocycles. The van der Waals surface area contributed by atoms with E-state index in [4.69, 9.17) is 5.73 Å². The van der Waals surface area contributed by atoms with Gasteiger partial charge in [-0.15, -0.1) is 0 Å². The molecule has 0 saturated heterocycles. The van der Waals surface area contributed by atoms with Crippen molar-refractivity contribution in [1.82, 2.24) is 14.9 Å². The minimum absolute atomic E-state index is 0.0162. The Bertz CT molecular complexity index is 563. The first-order valence-electron chi connectivity index (χ1n) is 6.19. The topological polar surface area (TPSA) is 72.9 Å². The number of aromatic nitrogens is 2. The van der Waals surface area contributed by atoms with Crippen LogP contribution in [0.15, 0.2) is 36.9 Å². The van der Waals surface area contributed by atoms with Gasteiger partial charge in [-0.3, -0.25) is 4.79 Å². The summed E-state index contributed by atoms with van der Waals surface area (Å²) in [7, 11) is 0. The highest BCUT2D eigenvalue weighted by molar-refractivity contribution is 5.97. The lowest BCUT2D eigenvalue weighted by Gasteiger charge is -2.15. The quantitative estimate of drug-likeness (QED) is 0.818. The third kappa shape index (κ3) is 3.13. The fraction of sp³-hybridized carbons (Fsp3) is 0.286. The molecule has 2 rings (SSSR count). The highest BCUT2D eigenvalue weighted by Gasteiger charge is 2.13. The first-order valence-corrected chi connectivity index (χ1v) is 6.19. The van der Waals surface area contributed by atoms with E-state index in [1.807, 2.05) is 24.6 Å². The van der Waals surface area contributed by atoms with E-state index in [0.717, 1.165) is 5.56 Å². The van der Waals surface area contributed by atoms with Crippen LogP contribution < -0.4 is 11.1 Å². The number of imidazole rings is 1. The van der Waals surface area contributed by atoms with Gasteiger partial charge in [-0.2, -0.15) is 0 Å². The Hall–Kier alpha value is -2.30. The first-order chi connectivity index (χ1) is 9.08. The molecule has 0 aliphatic carbocycles. The van der Waals surface area contributed by atoms with Crippen LogP contribution in [0.2, 0.25) is 0 Å². The Morgan fingerprint density at radius 2 is 2.32 bits per heavy atom. The lowest BCUT2D eigenvalue weighted by molar-refractivity contribution is 0.0936. The molecule has 1 atom stereocenters. The van der Waals surface area contributed by atoms with Gasteiger partial charge in [0.15, 0.2) is 0 Å². The molecule has 0 radical (unpaired) electrons. The van der Waals surface area contributed by atoms with E-state index >= 15 is 0 Å². The number of nitrogens with one attached hydrogen (secondary N) is 1. The molecule has 100 valence electrons. The zero-order valence-electron chi connectivity index (χ0n) is 11.1. The van der Waals surface area contributed by atoms with E-state index in [-0.39, 0.29) is 11.9 Å². The summed E-state index contributed by atoms with van der Waals surface area (Å²) in [6.07, 6.45) is 5.32. The molecule has 0 aliphatic heterocycles. The number of hydrogen-bond donors (Lipinski definition) is 2. The van der Waals surface area contributed by atoms with Gasteiger partial charge in [-0.1, -0.05) is 6.07 Å². The van der Waals surface area contributed by atoms with Crippen molar-refractivity contribution in [3.63, 3.8) is 0 Å². The van der Waals surface area contributed by atoms with Crippen molar-refractivity contribution >= 4 is 11.6 Å². The van der Waals surface area contributed by atoms with Crippen LogP contribution in [0.25, 0.3) is 0 Å². The van der Waals surface area contributed by atoms with Gasteiger partial charge in [-0.25, -0.2) is 4.98 Å². The van der Waals surface area contributed by atoms with Gasteiger partial charge in [-0.05, 0) is 31.5 Å². The number of nitrogen functional groups attached to an aromatic ring is 1. The van der Waals surface area contributed by atoms with Crippen molar-refractivity contribution in [2.75, 3.05) is 5.73 Å². The van der Waals surface area contributed by atoms with Crippen LogP contribution in [0.1, 0.15) is 22.8 Å². The number of rotatable bonds is 4. The summed E-state index contributed by atoms with van der Waals surface area (Å²) in [6.45, 7) is 4.50. The molecule has 0 spiro atoms. The Labute approximate surface area is 112 Å². The van der Waals surface area contributed by atoms with Gasteiger partial charge in [0.1, 0.15) is 0 Å². The van der Waals surface area contributed by atoms with E-state index in [9.17, 15) is 4.79 Å². The smallest absolute Gasteiger partial charge is 0.251 e. The number of benzene rings is 1. The molecule has 1 amide bonds. The van der Waals surface area contributed by atoms with Crippen molar-refractivity contribution in [2.45, 2.75) is 26.4 Å². The van der Waals surface area contributed by atoms with Crippen molar-refractivity contribution < 1.29 is 4.79 Å². The maximum Gasteiger partial charge on any atom is 0.251 e. The van der Waals surface area contributed by atoms with Crippen LogP contribution in [0.4, 0.5) is 5.69 Å². The fourth-order valence-corrected chi connectivity index (χ4v) is 1.96. The Morgan fingerprint density at radius 3 is 3.00 bits per heavy atom. The summed E-state index contributed by atoms with van der Waals surface area (Å²) < 4.78 is 1.93. The fourth-order valence-electron chi connectivity index (χ4n) is 1.96. The number of nitrogens with two attached hydrogens (primary N) is 1. The average molecular weight is 258 g/mol. The van der Waals surface area contributed by atoms with Gasteiger partial charge in [0.05, 0.1) is 6.33 Å². The van der Waals surface area contributed by atoms with E-state index in [1.165, 1.54) is 0 Å². The Kier molecular flexibility index (Phi) is 3.85. The van der Waals surface area contributed by atoms with Crippen molar-refractivity contribution in [3.05, 3.63) is 48.0 Å². The summed E-state index contributed by atoms with van der Waals surface area (Å²) in [5.74, 6) is -0.0996. The van der Waals surface area contributed by atoms with Crippen LogP contribution in [0.5, 0.6) is 0 Å². The van der Waals surface area contributed by atoms with Crippen molar-refractivity contribution in [1.29, 1.82) is 0 Å². The predicted molar refractivity (Wildman–Crippen MR) is 74.7 cm³/mol. The number of carbonyl (C=O) groups is 1. The highest BCUT2D eigenvalue weighted by Crippen LogP contribution is 2.15. The van der Waals surface area contributed by atoms with E-state index in [1.54, 1.807) is 30.7 Å². The maximum atomic E-state index is 12.2. The van der Waals surface area contributed by atoms with Gasteiger partial charge in [0.25, 0.3) is 5.91 Å². The van der Waals surface area contributed by atoms with Crippen LogP contribution in [-0.2, 0) is 6.54 Å². The third-order valence-corrected chi connectivity index (χ3v) is 3.04. The summed E-state index contributed by atoms with van der Waals surface area (Å²) in [4.78, 5) is 16.1. The predicted octanol–water partition coefficient (Wildman–Crippen LogP) is 1.59. The van der Waals surface area contributed by atoms with Crippen LogP contribution in [-0.4, -0.2) is 21.5 Å². The maximum absolute atomic E-state index is 12.2. The molecule has 1 heterocycles. The van der Waals surface area contributed by atoms with E-state index in [0.29, 0.717) is 17.8 Å². The summed E-state index contributed by atoms with van der Waals surface area (Å²) >= 11 is 0. The molecule has 1 unspecified atom stereocenters. The van der Waals surface area contributed by atoms with Crippen LogP contribution >= 0.6 is 0 Å². The van der Waals surface area contributed by atoms with E-state index in [2.05, 4.69) is 10.3 Å². The molecule has 1 aromatic heterocycles. The van der Waals surface area contributed by atoms with Crippen molar-refractivity contribution in [3.8, 4) is 0 Å². The van der Waals surface area contributed by atoms with Crippen molar-refractivity contribution in [2.24, 2.45) is 0 Å². The third-order valence-electron chi connectivity index (χ3n) is 3.04. The molecule has 0 fully saturated rings. The molecule has 19 heavy (non-hydrogen) atoms. The molecular weight excluding hydrogens is 240 g/mol. The normalized spacial score (nSPS) is 12.1. The second-order valence-electron chi connectivity index (χ2n) is 4.65. The van der Waals surface area contributed by atoms with Gasteiger partial charge in [0.2, 0.25) is 0 Å². The minimum Gasteiger partial charge on any atom is -0.398 e. The lowest BCUT2D eigenvalue weighted by atomic mass is 10.1. The highest BCUT2D eigenvalue weighted by atomic mass is 16.1. The molecule has 0 saturated carbocycles. The Balaban J connectivity index is 2.02. The zero-order valence-corrected chi connectivity index (χ0v) is 11.1. The molecule has 5 nitrogen and oxygen atoms in total. The average Bonchev–Trinajstić information content (AvgIpc) is 2.85. The number of carbonyl (C=O) groups excluding carboxylic acids is 1. The molecule has 3 N–H and O–H groups in total. The second-order valence-corrected chi connectivity index (χ2v) is 4.65. The number of anilines is 1. The van der Waals surface area contributed by atoms with Gasteiger partial charge < -0.3 is 15.6 Å². The van der Waals surface area contributed by atoms with Crippen LogP contribution in [0, 0.1) is 6.92 Å².